The lowest BCUT2D eigenvalue weighted by atomic mass is 10.0. The molecule has 0 N–H and O–H groups in total. The summed E-state index contributed by atoms with van der Waals surface area (Å²) in [5.41, 5.74) is 3.17. The standard InChI is InChI=1S/C17H16O2S2/c18-12-14-6-9-17-15(10-14)7-8-16(21(17)20-19)11-13-4-2-1-3-5-13/h1-6,9-10,12,16H,7-8,11H2. The van der Waals surface area contributed by atoms with E-state index in [0.717, 1.165) is 40.7 Å². The molecule has 0 bridgehead atoms. The second-order valence-corrected chi connectivity index (χ2v) is 8.52. The van der Waals surface area contributed by atoms with Crippen LogP contribution in [-0.4, -0.2) is 15.7 Å². The Labute approximate surface area is 129 Å². The molecule has 2 aromatic rings. The number of aldehydes is 1. The Hall–Kier alpha value is -1.52. The third-order valence-electron chi connectivity index (χ3n) is 3.86. The Bertz CT molecular complexity index is 719. The molecule has 1 aliphatic heterocycles. The van der Waals surface area contributed by atoms with Gasteiger partial charge in [-0.2, -0.15) is 0 Å². The largest absolute Gasteiger partial charge is 0.298 e. The van der Waals surface area contributed by atoms with Crippen LogP contribution in [0.2, 0.25) is 0 Å². The van der Waals surface area contributed by atoms with Crippen molar-refractivity contribution in [1.29, 1.82) is 0 Å². The molecule has 0 aliphatic carbocycles. The highest BCUT2D eigenvalue weighted by atomic mass is 32.8. The van der Waals surface area contributed by atoms with Crippen molar-refractivity contribution >= 4 is 26.0 Å². The van der Waals surface area contributed by atoms with Gasteiger partial charge < -0.3 is 0 Å². The molecule has 1 aliphatic rings. The predicted octanol–water partition coefficient (Wildman–Crippen LogP) is 3.16. The fourth-order valence-electron chi connectivity index (χ4n) is 2.81. The summed E-state index contributed by atoms with van der Waals surface area (Å²) in [7, 11) is 0.389. The molecule has 0 spiro atoms. The zero-order valence-corrected chi connectivity index (χ0v) is 13.2. The first kappa shape index (κ1) is 14.4. The van der Waals surface area contributed by atoms with Crippen LogP contribution in [0.1, 0.15) is 27.9 Å². The highest BCUT2D eigenvalue weighted by Gasteiger charge is 2.24. The van der Waals surface area contributed by atoms with Crippen LogP contribution in [0.3, 0.4) is 0 Å². The quantitative estimate of drug-likeness (QED) is 0.815. The van der Waals surface area contributed by atoms with E-state index < -0.39 is 0 Å². The van der Waals surface area contributed by atoms with Gasteiger partial charge in [0.25, 0.3) is 0 Å². The topological polar surface area (TPSA) is 34.1 Å². The lowest BCUT2D eigenvalue weighted by molar-refractivity contribution is 0.112. The van der Waals surface area contributed by atoms with E-state index in [2.05, 4.69) is 12.1 Å². The maximum atomic E-state index is 11.7. The monoisotopic (exact) mass is 316 g/mol. The average molecular weight is 316 g/mol. The molecule has 2 unspecified atom stereocenters. The molecule has 4 heteroatoms. The van der Waals surface area contributed by atoms with Gasteiger partial charge in [-0.15, -0.1) is 0 Å². The molecule has 0 fully saturated rings. The van der Waals surface area contributed by atoms with Crippen molar-refractivity contribution in [3.63, 3.8) is 0 Å². The lowest BCUT2D eigenvalue weighted by Gasteiger charge is -2.26. The van der Waals surface area contributed by atoms with Crippen LogP contribution < -0.4 is 0 Å². The van der Waals surface area contributed by atoms with E-state index in [-0.39, 0.29) is 9.45 Å². The minimum Gasteiger partial charge on any atom is -0.298 e. The van der Waals surface area contributed by atoms with E-state index in [1.807, 2.05) is 36.4 Å². The molecule has 1 heterocycles. The summed E-state index contributed by atoms with van der Waals surface area (Å²) >= 11 is 0. The third-order valence-corrected chi connectivity index (χ3v) is 7.64. The van der Waals surface area contributed by atoms with Crippen LogP contribution in [0.15, 0.2) is 53.4 Å². The van der Waals surface area contributed by atoms with Crippen molar-refractivity contribution in [1.82, 2.24) is 0 Å². The SMILES string of the molecule is O=Cc1ccc2c(c1)CCC(Cc1ccccc1)S2=S=O. The number of hydrogen-bond acceptors (Lipinski definition) is 2. The first-order valence-corrected chi connectivity index (χ1v) is 9.52. The van der Waals surface area contributed by atoms with Crippen molar-refractivity contribution in [2.45, 2.75) is 29.4 Å². The minimum absolute atomic E-state index is 0.330. The zero-order chi connectivity index (χ0) is 14.7. The van der Waals surface area contributed by atoms with Gasteiger partial charge in [-0.3, -0.25) is 4.79 Å². The molecule has 21 heavy (non-hydrogen) atoms. The molecular weight excluding hydrogens is 300 g/mol. The number of carbonyl (C=O) groups is 1. The van der Waals surface area contributed by atoms with E-state index in [1.54, 1.807) is 0 Å². The Morgan fingerprint density at radius 3 is 2.71 bits per heavy atom. The first-order valence-electron chi connectivity index (χ1n) is 6.97. The molecule has 0 radical (unpaired) electrons. The van der Waals surface area contributed by atoms with Crippen molar-refractivity contribution in [2.24, 2.45) is 0 Å². The fraction of sp³-hybridized carbons (Fsp3) is 0.235. The maximum Gasteiger partial charge on any atom is 0.150 e. The predicted molar refractivity (Wildman–Crippen MR) is 87.9 cm³/mol. The van der Waals surface area contributed by atoms with Gasteiger partial charge in [0, 0.05) is 15.7 Å². The molecule has 0 aromatic heterocycles. The minimum atomic E-state index is -0.330. The molecule has 0 saturated heterocycles. The van der Waals surface area contributed by atoms with Gasteiger partial charge in [-0.05, 0) is 42.5 Å². The first-order chi connectivity index (χ1) is 10.3. The Morgan fingerprint density at radius 2 is 2.00 bits per heavy atom. The number of aryl methyl sites for hydroxylation is 1. The van der Waals surface area contributed by atoms with Gasteiger partial charge in [0.2, 0.25) is 0 Å². The molecule has 2 aromatic carbocycles. The summed E-state index contributed by atoms with van der Waals surface area (Å²) in [4.78, 5) is 12.0. The van der Waals surface area contributed by atoms with Gasteiger partial charge in [0.15, 0.2) is 0 Å². The summed E-state index contributed by atoms with van der Waals surface area (Å²) in [6.07, 6.45) is 3.80. The smallest absolute Gasteiger partial charge is 0.150 e. The van der Waals surface area contributed by atoms with Crippen molar-refractivity contribution < 1.29 is 9.00 Å². The van der Waals surface area contributed by atoms with Crippen LogP contribution in [-0.2, 0) is 32.5 Å². The lowest BCUT2D eigenvalue weighted by Crippen LogP contribution is -2.24. The highest BCUT2D eigenvalue weighted by Crippen LogP contribution is 2.29. The van der Waals surface area contributed by atoms with Crippen LogP contribution in [0, 0.1) is 0 Å². The normalized spacial score (nSPS) is 20.6. The average Bonchev–Trinajstić information content (AvgIpc) is 2.55. The van der Waals surface area contributed by atoms with Crippen LogP contribution in [0.5, 0.6) is 0 Å². The van der Waals surface area contributed by atoms with Crippen LogP contribution in [0.4, 0.5) is 0 Å². The highest BCUT2D eigenvalue weighted by molar-refractivity contribution is 8.31. The van der Waals surface area contributed by atoms with E-state index in [4.69, 9.17) is 0 Å². The summed E-state index contributed by atoms with van der Waals surface area (Å²) in [6, 6.07) is 16.1. The van der Waals surface area contributed by atoms with Crippen LogP contribution >= 0.6 is 0 Å². The Kier molecular flexibility index (Phi) is 4.46. The summed E-state index contributed by atoms with van der Waals surface area (Å²) in [5, 5.41) is 0.393. The van der Waals surface area contributed by atoms with E-state index in [9.17, 15) is 9.00 Å². The van der Waals surface area contributed by atoms with Gasteiger partial charge in [0.05, 0.1) is 0 Å². The number of carbonyl (C=O) groups excluding carboxylic acids is 1. The number of fused-ring (bicyclic) bond motifs is 1. The van der Waals surface area contributed by atoms with Crippen LogP contribution in [0.25, 0.3) is 0 Å². The molecular formula is C17H16O2S2. The van der Waals surface area contributed by atoms with Crippen molar-refractivity contribution in [3.8, 4) is 0 Å². The summed E-state index contributed by atoms with van der Waals surface area (Å²) < 4.78 is 11.7. The second kappa shape index (κ2) is 6.50. The van der Waals surface area contributed by atoms with Gasteiger partial charge >= 0.3 is 0 Å². The van der Waals surface area contributed by atoms with Crippen molar-refractivity contribution in [3.05, 3.63) is 65.2 Å². The molecule has 0 saturated carbocycles. The third kappa shape index (κ3) is 3.06. The van der Waals surface area contributed by atoms with E-state index in [0.29, 0.717) is 10.8 Å². The summed E-state index contributed by atoms with van der Waals surface area (Å²) in [6.45, 7) is 0. The van der Waals surface area contributed by atoms with Gasteiger partial charge in [-0.25, -0.2) is 4.21 Å². The molecule has 2 atom stereocenters. The number of rotatable bonds is 3. The van der Waals surface area contributed by atoms with E-state index in [1.165, 1.54) is 11.1 Å². The molecule has 2 nitrogen and oxygen atoms in total. The van der Waals surface area contributed by atoms with E-state index >= 15 is 0 Å². The van der Waals surface area contributed by atoms with Crippen molar-refractivity contribution in [2.75, 3.05) is 0 Å². The van der Waals surface area contributed by atoms with Gasteiger partial charge in [-0.1, -0.05) is 45.9 Å². The molecule has 3 rings (SSSR count). The number of hydrogen-bond donors (Lipinski definition) is 0. The van der Waals surface area contributed by atoms with Gasteiger partial charge in [0.1, 0.15) is 16.5 Å². The number of benzene rings is 2. The maximum absolute atomic E-state index is 11.7. The Balaban J connectivity index is 1.92. The molecule has 0 amide bonds. The zero-order valence-electron chi connectivity index (χ0n) is 11.5. The summed E-state index contributed by atoms with van der Waals surface area (Å²) in [5.74, 6) is 0. The molecule has 108 valence electrons. The second-order valence-electron chi connectivity index (χ2n) is 5.20. The fourth-order valence-corrected chi connectivity index (χ4v) is 6.19. The Morgan fingerprint density at radius 1 is 1.19 bits per heavy atom.